The molecule has 8 heteroatoms. The number of carbonyl (C=O) groups is 1. The standard InChI is InChI=1S/C20H20N4O4/c1-3-23(14-20(25)22-16-7-9-18(28-2)10-8-16)19(11-12-21)15-5-4-6-17(13-15)24(26)27/h4-11,13H,3,14H2,1-2H3,(H,22,25)/b19-11+. The predicted molar refractivity (Wildman–Crippen MR) is 106 cm³/mol. The maximum Gasteiger partial charge on any atom is 0.270 e. The van der Waals surface area contributed by atoms with Crippen LogP contribution in [0.1, 0.15) is 12.5 Å². The molecule has 0 aliphatic heterocycles. The molecule has 0 radical (unpaired) electrons. The Hall–Kier alpha value is -3.86. The van der Waals surface area contributed by atoms with Crippen LogP contribution in [0.3, 0.4) is 0 Å². The van der Waals surface area contributed by atoms with Crippen molar-refractivity contribution in [1.29, 1.82) is 5.26 Å². The third-order valence-corrected chi connectivity index (χ3v) is 3.98. The summed E-state index contributed by atoms with van der Waals surface area (Å²) in [7, 11) is 1.56. The van der Waals surface area contributed by atoms with E-state index in [4.69, 9.17) is 10.00 Å². The van der Waals surface area contributed by atoms with Crippen LogP contribution in [0.25, 0.3) is 5.70 Å². The van der Waals surface area contributed by atoms with Crippen LogP contribution in [-0.2, 0) is 4.79 Å². The van der Waals surface area contributed by atoms with Crippen molar-refractivity contribution in [2.24, 2.45) is 0 Å². The fraction of sp³-hybridized carbons (Fsp3) is 0.200. The van der Waals surface area contributed by atoms with Crippen molar-refractivity contribution in [3.8, 4) is 11.8 Å². The van der Waals surface area contributed by atoms with Crippen LogP contribution in [0.2, 0.25) is 0 Å². The second-order valence-corrected chi connectivity index (χ2v) is 5.76. The van der Waals surface area contributed by atoms with Gasteiger partial charge in [0.1, 0.15) is 5.75 Å². The molecule has 0 fully saturated rings. The van der Waals surface area contributed by atoms with Crippen molar-refractivity contribution >= 4 is 23.0 Å². The number of nitro benzene ring substituents is 1. The fourth-order valence-electron chi connectivity index (χ4n) is 2.61. The van der Waals surface area contributed by atoms with E-state index in [1.165, 1.54) is 18.2 Å². The van der Waals surface area contributed by atoms with Gasteiger partial charge in [0.25, 0.3) is 5.69 Å². The summed E-state index contributed by atoms with van der Waals surface area (Å²) in [5, 5.41) is 23.0. The second kappa shape index (κ2) is 9.73. The van der Waals surface area contributed by atoms with Crippen LogP contribution in [0.5, 0.6) is 5.75 Å². The van der Waals surface area contributed by atoms with Gasteiger partial charge in [0, 0.05) is 36.0 Å². The van der Waals surface area contributed by atoms with Crippen LogP contribution in [0.15, 0.2) is 54.6 Å². The number of methoxy groups -OCH3 is 1. The number of carbonyl (C=O) groups excluding carboxylic acids is 1. The van der Waals surface area contributed by atoms with Gasteiger partial charge in [-0.25, -0.2) is 0 Å². The predicted octanol–water partition coefficient (Wildman–Crippen LogP) is 3.43. The number of nitrogens with zero attached hydrogens (tertiary/aromatic N) is 3. The zero-order valence-corrected chi connectivity index (χ0v) is 15.6. The van der Waals surface area contributed by atoms with Crippen LogP contribution in [-0.4, -0.2) is 35.9 Å². The van der Waals surface area contributed by atoms with E-state index in [1.54, 1.807) is 48.4 Å². The molecule has 8 nitrogen and oxygen atoms in total. The monoisotopic (exact) mass is 380 g/mol. The summed E-state index contributed by atoms with van der Waals surface area (Å²) in [6, 6.07) is 14.8. The number of anilines is 1. The van der Waals surface area contributed by atoms with Gasteiger partial charge in [0.05, 0.1) is 30.3 Å². The number of hydrogen-bond acceptors (Lipinski definition) is 6. The van der Waals surface area contributed by atoms with E-state index in [-0.39, 0.29) is 18.1 Å². The Bertz CT molecular complexity index is 917. The van der Waals surface area contributed by atoms with Crippen molar-refractivity contribution < 1.29 is 14.5 Å². The Morgan fingerprint density at radius 3 is 2.61 bits per heavy atom. The molecule has 0 atom stereocenters. The highest BCUT2D eigenvalue weighted by Gasteiger charge is 2.17. The zero-order valence-electron chi connectivity index (χ0n) is 15.6. The second-order valence-electron chi connectivity index (χ2n) is 5.76. The number of rotatable bonds is 8. The minimum Gasteiger partial charge on any atom is -0.497 e. The molecular weight excluding hydrogens is 360 g/mol. The van der Waals surface area contributed by atoms with Crippen LogP contribution < -0.4 is 10.1 Å². The zero-order chi connectivity index (χ0) is 20.5. The number of nitro groups is 1. The Balaban J connectivity index is 2.19. The topological polar surface area (TPSA) is 109 Å². The number of benzene rings is 2. The molecule has 0 saturated carbocycles. The molecule has 0 aromatic heterocycles. The summed E-state index contributed by atoms with van der Waals surface area (Å²) in [6.45, 7) is 2.26. The highest BCUT2D eigenvalue weighted by Crippen LogP contribution is 2.23. The van der Waals surface area contributed by atoms with Crippen LogP contribution in [0, 0.1) is 21.4 Å². The molecule has 144 valence electrons. The molecule has 1 amide bonds. The van der Waals surface area contributed by atoms with E-state index in [1.807, 2.05) is 13.0 Å². The molecule has 0 aliphatic carbocycles. The lowest BCUT2D eigenvalue weighted by molar-refractivity contribution is -0.384. The summed E-state index contributed by atoms with van der Waals surface area (Å²) in [6.07, 6.45) is 1.28. The molecule has 1 N–H and O–H groups in total. The first-order valence-electron chi connectivity index (χ1n) is 8.52. The maximum atomic E-state index is 12.4. The lowest BCUT2D eigenvalue weighted by Gasteiger charge is -2.25. The maximum absolute atomic E-state index is 12.4. The van der Waals surface area contributed by atoms with Gasteiger partial charge in [-0.2, -0.15) is 5.26 Å². The molecule has 0 bridgehead atoms. The molecule has 0 spiro atoms. The largest absolute Gasteiger partial charge is 0.497 e. The van der Waals surface area contributed by atoms with E-state index in [0.717, 1.165) is 0 Å². The third-order valence-electron chi connectivity index (χ3n) is 3.98. The number of nitriles is 1. The number of ether oxygens (including phenoxy) is 1. The first-order valence-corrected chi connectivity index (χ1v) is 8.52. The lowest BCUT2D eigenvalue weighted by atomic mass is 10.1. The molecule has 2 aromatic carbocycles. The number of amides is 1. The molecule has 0 heterocycles. The van der Waals surface area contributed by atoms with E-state index < -0.39 is 4.92 Å². The van der Waals surface area contributed by atoms with Crippen LogP contribution in [0.4, 0.5) is 11.4 Å². The summed E-state index contributed by atoms with van der Waals surface area (Å²) in [5.74, 6) is 0.402. The Morgan fingerprint density at radius 2 is 2.04 bits per heavy atom. The van der Waals surface area contributed by atoms with Crippen molar-refractivity contribution in [2.45, 2.75) is 6.92 Å². The van der Waals surface area contributed by atoms with Crippen LogP contribution >= 0.6 is 0 Å². The normalized spacial score (nSPS) is 10.7. The molecule has 0 saturated heterocycles. The Kier molecular flexibility index (Phi) is 7.11. The van der Waals surface area contributed by atoms with Gasteiger partial charge < -0.3 is 15.0 Å². The molecule has 28 heavy (non-hydrogen) atoms. The van der Waals surface area contributed by atoms with Gasteiger partial charge in [0.15, 0.2) is 0 Å². The fourth-order valence-corrected chi connectivity index (χ4v) is 2.61. The van der Waals surface area contributed by atoms with E-state index >= 15 is 0 Å². The number of hydrogen-bond donors (Lipinski definition) is 1. The highest BCUT2D eigenvalue weighted by molar-refractivity contribution is 5.93. The average Bonchev–Trinajstić information content (AvgIpc) is 2.71. The Morgan fingerprint density at radius 1 is 1.32 bits per heavy atom. The molecule has 2 aromatic rings. The lowest BCUT2D eigenvalue weighted by Crippen LogP contribution is -2.32. The Labute approximate surface area is 162 Å². The first-order chi connectivity index (χ1) is 13.5. The molecular formula is C20H20N4O4. The highest BCUT2D eigenvalue weighted by atomic mass is 16.6. The van der Waals surface area contributed by atoms with Crippen molar-refractivity contribution in [1.82, 2.24) is 4.90 Å². The van der Waals surface area contributed by atoms with E-state index in [0.29, 0.717) is 29.2 Å². The van der Waals surface area contributed by atoms with Gasteiger partial charge in [-0.15, -0.1) is 0 Å². The molecule has 2 rings (SSSR count). The quantitative estimate of drug-likeness (QED) is 0.427. The summed E-state index contributed by atoms with van der Waals surface area (Å²) in [5.41, 5.74) is 1.47. The van der Waals surface area contributed by atoms with Crippen molar-refractivity contribution in [3.63, 3.8) is 0 Å². The van der Waals surface area contributed by atoms with Gasteiger partial charge in [-0.3, -0.25) is 14.9 Å². The number of non-ortho nitro benzene ring substituents is 1. The van der Waals surface area contributed by atoms with E-state index in [2.05, 4.69) is 5.32 Å². The van der Waals surface area contributed by atoms with Gasteiger partial charge in [-0.05, 0) is 31.2 Å². The average molecular weight is 380 g/mol. The third kappa shape index (κ3) is 5.32. The van der Waals surface area contributed by atoms with Crippen molar-refractivity contribution in [3.05, 3.63) is 70.3 Å². The van der Waals surface area contributed by atoms with Gasteiger partial charge in [0.2, 0.25) is 5.91 Å². The number of nitrogens with one attached hydrogen (secondary N) is 1. The first kappa shape index (κ1) is 20.5. The molecule has 0 unspecified atom stereocenters. The van der Waals surface area contributed by atoms with Crippen molar-refractivity contribution in [2.75, 3.05) is 25.5 Å². The van der Waals surface area contributed by atoms with Gasteiger partial charge >= 0.3 is 0 Å². The molecule has 0 aliphatic rings. The van der Waals surface area contributed by atoms with E-state index in [9.17, 15) is 14.9 Å². The minimum atomic E-state index is -0.500. The number of likely N-dealkylation sites (N-methyl/N-ethyl adjacent to an activating group) is 1. The summed E-state index contributed by atoms with van der Waals surface area (Å²) < 4.78 is 5.08. The summed E-state index contributed by atoms with van der Waals surface area (Å²) >= 11 is 0. The summed E-state index contributed by atoms with van der Waals surface area (Å²) in [4.78, 5) is 24.7. The number of allylic oxidation sites excluding steroid dienone is 1. The SMILES string of the molecule is CCN(CC(=O)Nc1ccc(OC)cc1)/C(=C/C#N)c1cccc([N+](=O)[O-])c1. The van der Waals surface area contributed by atoms with Gasteiger partial charge in [-0.1, -0.05) is 12.1 Å². The smallest absolute Gasteiger partial charge is 0.270 e. The minimum absolute atomic E-state index is 0.0151.